The molecule has 5 N–H and O–H groups in total. The van der Waals surface area contributed by atoms with Crippen molar-refractivity contribution in [3.63, 3.8) is 0 Å². The molecule has 0 aliphatic heterocycles. The Hall–Kier alpha value is -4.03. The Morgan fingerprint density at radius 3 is 2.47 bits per heavy atom. The molecule has 2 heterocycles. The van der Waals surface area contributed by atoms with E-state index in [1.54, 1.807) is 36.4 Å². The van der Waals surface area contributed by atoms with Crippen LogP contribution in [-0.2, 0) is 32.3 Å². The zero-order valence-electron chi connectivity index (χ0n) is 21.4. The number of rotatable bonds is 11. The molecule has 0 radical (unpaired) electrons. The molecule has 0 spiro atoms. The van der Waals surface area contributed by atoms with Crippen molar-refractivity contribution >= 4 is 23.6 Å². The maximum absolute atomic E-state index is 12.8. The van der Waals surface area contributed by atoms with Gasteiger partial charge in [-0.05, 0) is 44.0 Å². The summed E-state index contributed by atoms with van der Waals surface area (Å²) in [6, 6.07) is 12.4. The topological polar surface area (TPSA) is 167 Å². The first kappa shape index (κ1) is 30.2. The summed E-state index contributed by atoms with van der Waals surface area (Å²) in [5, 5.41) is 11.4. The number of amides is 3. The van der Waals surface area contributed by atoms with Crippen LogP contribution in [0.4, 0.5) is 4.79 Å². The van der Waals surface area contributed by atoms with E-state index >= 15 is 0 Å². The second-order valence-corrected chi connectivity index (χ2v) is 9.34. The molecule has 3 rings (SSSR count). The van der Waals surface area contributed by atoms with Crippen molar-refractivity contribution in [2.45, 2.75) is 53.0 Å². The zero-order chi connectivity index (χ0) is 27.2. The van der Waals surface area contributed by atoms with E-state index in [0.29, 0.717) is 23.8 Å². The van der Waals surface area contributed by atoms with E-state index in [9.17, 15) is 14.4 Å². The minimum atomic E-state index is -1.14. The quantitative estimate of drug-likeness (QED) is 0.339. The SMILES string of the molecule is C.Cc1ccccc1COC[C@@H](NC(=O)C(C)(C)N)c1nnc2cccc(COC(=O)N(C)CC(N)=O)n12. The average Bonchev–Trinajstić information content (AvgIpc) is 3.26. The first-order valence-corrected chi connectivity index (χ1v) is 11.7. The van der Waals surface area contributed by atoms with E-state index in [2.05, 4.69) is 15.5 Å². The highest BCUT2D eigenvalue weighted by Gasteiger charge is 2.28. The van der Waals surface area contributed by atoms with Crippen LogP contribution in [0.3, 0.4) is 0 Å². The number of pyridine rings is 1. The highest BCUT2D eigenvalue weighted by atomic mass is 16.6. The molecule has 0 aliphatic rings. The molecule has 3 aromatic rings. The van der Waals surface area contributed by atoms with Crippen LogP contribution in [0.2, 0.25) is 0 Å². The highest BCUT2D eigenvalue weighted by Crippen LogP contribution is 2.19. The van der Waals surface area contributed by atoms with Crippen molar-refractivity contribution < 1.29 is 23.9 Å². The molecule has 0 bridgehead atoms. The Morgan fingerprint density at radius 2 is 1.82 bits per heavy atom. The summed E-state index contributed by atoms with van der Waals surface area (Å²) >= 11 is 0. The van der Waals surface area contributed by atoms with Gasteiger partial charge < -0.3 is 31.2 Å². The van der Waals surface area contributed by atoms with Gasteiger partial charge in [-0.15, -0.1) is 10.2 Å². The van der Waals surface area contributed by atoms with Crippen LogP contribution in [0.25, 0.3) is 5.65 Å². The van der Waals surface area contributed by atoms with Crippen LogP contribution in [0, 0.1) is 6.92 Å². The van der Waals surface area contributed by atoms with Crippen LogP contribution in [-0.4, -0.2) is 63.1 Å². The summed E-state index contributed by atoms with van der Waals surface area (Å²) in [7, 11) is 1.41. The zero-order valence-corrected chi connectivity index (χ0v) is 21.4. The summed E-state index contributed by atoms with van der Waals surface area (Å²) in [4.78, 5) is 37.2. The number of aromatic nitrogens is 3. The summed E-state index contributed by atoms with van der Waals surface area (Å²) in [6.07, 6.45) is -0.721. The fourth-order valence-electron chi connectivity index (χ4n) is 3.50. The van der Waals surface area contributed by atoms with E-state index < -0.39 is 29.5 Å². The Kier molecular flexibility index (Phi) is 10.3. The molecule has 0 fully saturated rings. The van der Waals surface area contributed by atoms with Crippen molar-refractivity contribution in [1.29, 1.82) is 0 Å². The molecular weight excluding hydrogens is 490 g/mol. The summed E-state index contributed by atoms with van der Waals surface area (Å²) < 4.78 is 13.0. The number of benzene rings is 1. The van der Waals surface area contributed by atoms with E-state index in [4.69, 9.17) is 20.9 Å². The van der Waals surface area contributed by atoms with Gasteiger partial charge in [0.15, 0.2) is 11.5 Å². The molecule has 3 amide bonds. The number of nitrogens with one attached hydrogen (secondary N) is 1. The Balaban J connectivity index is 0.00000507. The number of fused-ring (bicyclic) bond motifs is 1. The smallest absolute Gasteiger partial charge is 0.410 e. The lowest BCUT2D eigenvalue weighted by Gasteiger charge is -2.24. The first-order valence-electron chi connectivity index (χ1n) is 11.7. The molecule has 0 aliphatic carbocycles. The van der Waals surface area contributed by atoms with E-state index in [1.165, 1.54) is 7.05 Å². The Labute approximate surface area is 222 Å². The van der Waals surface area contributed by atoms with Gasteiger partial charge in [0.2, 0.25) is 11.8 Å². The van der Waals surface area contributed by atoms with Crippen molar-refractivity contribution in [2.24, 2.45) is 11.5 Å². The molecule has 38 heavy (non-hydrogen) atoms. The monoisotopic (exact) mass is 527 g/mol. The molecule has 12 heteroatoms. The number of likely N-dealkylation sites (N-methyl/N-ethyl adjacent to an activating group) is 1. The number of hydrogen-bond donors (Lipinski definition) is 3. The van der Waals surface area contributed by atoms with Gasteiger partial charge in [-0.3, -0.25) is 14.0 Å². The summed E-state index contributed by atoms with van der Waals surface area (Å²) in [5.41, 5.74) is 13.2. The predicted octanol–water partition coefficient (Wildman–Crippen LogP) is 1.84. The summed E-state index contributed by atoms with van der Waals surface area (Å²) in [6.45, 7) is 5.20. The number of nitrogens with two attached hydrogens (primary N) is 2. The van der Waals surface area contributed by atoms with Gasteiger partial charge in [0.25, 0.3) is 0 Å². The molecular formula is C26H37N7O5. The van der Waals surface area contributed by atoms with Crippen LogP contribution in [0.5, 0.6) is 0 Å². The van der Waals surface area contributed by atoms with Gasteiger partial charge >= 0.3 is 6.09 Å². The number of ether oxygens (including phenoxy) is 2. The number of primary amides is 1. The molecule has 1 aromatic carbocycles. The third-order valence-electron chi connectivity index (χ3n) is 5.59. The fourth-order valence-corrected chi connectivity index (χ4v) is 3.50. The standard InChI is InChI=1S/C25H33N7O5.CH4/c1-16-8-5-6-9-17(16)13-36-15-19(28-23(34)25(2,3)27)22-30-29-21-11-7-10-18(32(21)22)14-37-24(35)31(4)12-20(26)33;/h5-11,19H,12-15,27H2,1-4H3,(H2,26,33)(H,28,34);1H4/t19-;/m1./s1. The van der Waals surface area contributed by atoms with Crippen molar-refractivity contribution in [3.8, 4) is 0 Å². The normalized spacial score (nSPS) is 11.9. The Morgan fingerprint density at radius 1 is 1.11 bits per heavy atom. The van der Waals surface area contributed by atoms with E-state index in [0.717, 1.165) is 16.0 Å². The van der Waals surface area contributed by atoms with Gasteiger partial charge in [-0.1, -0.05) is 37.8 Å². The molecule has 0 unspecified atom stereocenters. The minimum absolute atomic E-state index is 0. The van der Waals surface area contributed by atoms with Gasteiger partial charge in [0, 0.05) is 7.05 Å². The van der Waals surface area contributed by atoms with Crippen LogP contribution >= 0.6 is 0 Å². The maximum atomic E-state index is 12.8. The molecule has 12 nitrogen and oxygen atoms in total. The van der Waals surface area contributed by atoms with Crippen LogP contribution in [0.15, 0.2) is 42.5 Å². The van der Waals surface area contributed by atoms with Gasteiger partial charge in [0.1, 0.15) is 19.2 Å². The van der Waals surface area contributed by atoms with Crippen LogP contribution < -0.4 is 16.8 Å². The first-order chi connectivity index (χ1) is 17.5. The largest absolute Gasteiger partial charge is 0.443 e. The molecule has 206 valence electrons. The van der Waals surface area contributed by atoms with Crippen LogP contribution in [0.1, 0.15) is 50.0 Å². The molecule has 0 saturated carbocycles. The lowest BCUT2D eigenvalue weighted by molar-refractivity contribution is -0.126. The van der Waals surface area contributed by atoms with Gasteiger partial charge in [0.05, 0.1) is 24.4 Å². The Bertz CT molecular complexity index is 1270. The number of carbonyl (C=O) groups excluding carboxylic acids is 3. The average molecular weight is 528 g/mol. The third kappa shape index (κ3) is 7.73. The summed E-state index contributed by atoms with van der Waals surface area (Å²) in [5.74, 6) is -0.671. The van der Waals surface area contributed by atoms with E-state index in [-0.39, 0.29) is 27.2 Å². The highest BCUT2D eigenvalue weighted by molar-refractivity contribution is 5.85. The van der Waals surface area contributed by atoms with Gasteiger partial charge in [-0.25, -0.2) is 4.79 Å². The van der Waals surface area contributed by atoms with Gasteiger partial charge in [-0.2, -0.15) is 0 Å². The molecule has 2 aromatic heterocycles. The van der Waals surface area contributed by atoms with Crippen molar-refractivity contribution in [3.05, 3.63) is 65.1 Å². The minimum Gasteiger partial charge on any atom is -0.443 e. The fraction of sp³-hybridized carbons (Fsp3) is 0.423. The molecule has 1 atom stereocenters. The third-order valence-corrected chi connectivity index (χ3v) is 5.59. The number of nitrogens with zero attached hydrogens (tertiary/aromatic N) is 4. The lowest BCUT2D eigenvalue weighted by Crippen LogP contribution is -2.51. The van der Waals surface area contributed by atoms with Crippen molar-refractivity contribution in [2.75, 3.05) is 20.2 Å². The second-order valence-electron chi connectivity index (χ2n) is 9.34. The van der Waals surface area contributed by atoms with E-state index in [1.807, 2.05) is 31.2 Å². The van der Waals surface area contributed by atoms with Crippen molar-refractivity contribution in [1.82, 2.24) is 24.8 Å². The number of carbonyl (C=O) groups is 3. The molecule has 0 saturated heterocycles. The predicted molar refractivity (Wildman–Crippen MR) is 142 cm³/mol. The number of aryl methyl sites for hydroxylation is 1. The second kappa shape index (κ2) is 13.0. The lowest BCUT2D eigenvalue weighted by atomic mass is 10.1. The maximum Gasteiger partial charge on any atom is 0.410 e. The number of hydrogen-bond acceptors (Lipinski definition) is 8.